The molecule has 0 aliphatic carbocycles. The number of hydrogen-bond donors (Lipinski definition) is 0. The molecule has 1 aliphatic heterocycles. The zero-order chi connectivity index (χ0) is 26.2. The van der Waals surface area contributed by atoms with Crippen molar-refractivity contribution in [2.24, 2.45) is 5.92 Å². The highest BCUT2D eigenvalue weighted by Gasteiger charge is 2.36. The molecule has 3 aromatic heterocycles. The number of carbonyl (C=O) groups is 2. The summed E-state index contributed by atoms with van der Waals surface area (Å²) in [6, 6.07) is 11.9. The number of esters is 1. The first-order valence-corrected chi connectivity index (χ1v) is 13.1. The lowest BCUT2D eigenvalue weighted by atomic mass is 9.92. The first kappa shape index (κ1) is 26.5. The number of fused-ring (bicyclic) bond motifs is 1. The predicted molar refractivity (Wildman–Crippen MR) is 141 cm³/mol. The Bertz CT molecular complexity index is 1200. The molecular formula is C29H36N4O4. The third kappa shape index (κ3) is 6.81. The van der Waals surface area contributed by atoms with Gasteiger partial charge in [0.1, 0.15) is 0 Å². The van der Waals surface area contributed by atoms with Crippen molar-refractivity contribution in [1.82, 2.24) is 19.9 Å². The van der Waals surface area contributed by atoms with Gasteiger partial charge in [0.2, 0.25) is 11.8 Å². The van der Waals surface area contributed by atoms with E-state index in [-0.39, 0.29) is 29.8 Å². The fourth-order valence-electron chi connectivity index (χ4n) is 5.19. The highest BCUT2D eigenvalue weighted by atomic mass is 16.5. The van der Waals surface area contributed by atoms with Crippen molar-refractivity contribution >= 4 is 22.9 Å². The average molecular weight is 505 g/mol. The molecule has 1 fully saturated rings. The summed E-state index contributed by atoms with van der Waals surface area (Å²) in [6.07, 6.45) is 7.78. The van der Waals surface area contributed by atoms with Crippen LogP contribution in [0.1, 0.15) is 63.1 Å². The first-order valence-electron chi connectivity index (χ1n) is 13.1. The Labute approximate surface area is 218 Å². The van der Waals surface area contributed by atoms with Crippen LogP contribution in [0.4, 0.5) is 0 Å². The number of ether oxygens (including phenoxy) is 2. The maximum Gasteiger partial charge on any atom is 0.306 e. The van der Waals surface area contributed by atoms with E-state index in [1.165, 1.54) is 0 Å². The molecule has 4 heterocycles. The van der Waals surface area contributed by atoms with Crippen LogP contribution in [-0.2, 0) is 20.7 Å². The SMILES string of the molecule is CCOC(=O)CC(CCCN1C(=O)C(CCc2ccc3cccnc3n2)CC1C)c1ccc(OC)nc1. The zero-order valence-corrected chi connectivity index (χ0v) is 21.9. The van der Waals surface area contributed by atoms with E-state index in [0.29, 0.717) is 25.5 Å². The van der Waals surface area contributed by atoms with Crippen molar-refractivity contribution in [3.63, 3.8) is 0 Å². The number of hydrogen-bond acceptors (Lipinski definition) is 7. The molecule has 0 saturated carbocycles. The highest BCUT2D eigenvalue weighted by Crippen LogP contribution is 2.31. The summed E-state index contributed by atoms with van der Waals surface area (Å²) in [5, 5.41) is 1.02. The van der Waals surface area contributed by atoms with Crippen molar-refractivity contribution in [2.45, 2.75) is 64.3 Å². The van der Waals surface area contributed by atoms with Crippen molar-refractivity contribution < 1.29 is 19.1 Å². The maximum atomic E-state index is 13.2. The van der Waals surface area contributed by atoms with Crippen molar-refractivity contribution in [3.8, 4) is 5.88 Å². The Hall–Kier alpha value is -3.55. The van der Waals surface area contributed by atoms with Crippen molar-refractivity contribution in [3.05, 3.63) is 60.0 Å². The number of rotatable bonds is 12. The number of methoxy groups -OCH3 is 1. The Morgan fingerprint density at radius 2 is 2.05 bits per heavy atom. The number of nitrogens with zero attached hydrogens (tertiary/aromatic N) is 4. The van der Waals surface area contributed by atoms with Gasteiger partial charge in [0, 0.05) is 48.0 Å². The van der Waals surface area contributed by atoms with E-state index in [9.17, 15) is 9.59 Å². The minimum Gasteiger partial charge on any atom is -0.481 e. The van der Waals surface area contributed by atoms with E-state index in [1.807, 2.05) is 48.2 Å². The topological polar surface area (TPSA) is 94.5 Å². The molecular weight excluding hydrogens is 468 g/mol. The summed E-state index contributed by atoms with van der Waals surface area (Å²) >= 11 is 0. The lowest BCUT2D eigenvalue weighted by Gasteiger charge is -2.23. The Balaban J connectivity index is 1.32. The van der Waals surface area contributed by atoms with Gasteiger partial charge < -0.3 is 14.4 Å². The lowest BCUT2D eigenvalue weighted by Crippen LogP contribution is -2.33. The van der Waals surface area contributed by atoms with Crippen LogP contribution in [0.15, 0.2) is 48.8 Å². The van der Waals surface area contributed by atoms with Gasteiger partial charge in [0.25, 0.3) is 0 Å². The summed E-state index contributed by atoms with van der Waals surface area (Å²) in [6.45, 7) is 4.97. The molecule has 1 saturated heterocycles. The van der Waals surface area contributed by atoms with Gasteiger partial charge in [0.05, 0.1) is 20.1 Å². The monoisotopic (exact) mass is 504 g/mol. The summed E-state index contributed by atoms with van der Waals surface area (Å²) in [7, 11) is 1.58. The number of likely N-dealkylation sites (tertiary alicyclic amines) is 1. The van der Waals surface area contributed by atoms with Gasteiger partial charge >= 0.3 is 5.97 Å². The summed E-state index contributed by atoms with van der Waals surface area (Å²) in [5.41, 5.74) is 2.70. The second-order valence-electron chi connectivity index (χ2n) is 9.69. The normalized spacial score (nSPS) is 18.2. The Morgan fingerprint density at radius 1 is 1.19 bits per heavy atom. The molecule has 8 heteroatoms. The highest BCUT2D eigenvalue weighted by molar-refractivity contribution is 5.81. The average Bonchev–Trinajstić information content (AvgIpc) is 3.19. The van der Waals surface area contributed by atoms with Crippen LogP contribution in [-0.4, -0.2) is 58.0 Å². The Kier molecular flexibility index (Phi) is 9.04. The van der Waals surface area contributed by atoms with Gasteiger partial charge in [-0.1, -0.05) is 6.07 Å². The third-order valence-electron chi connectivity index (χ3n) is 7.17. The van der Waals surface area contributed by atoms with Gasteiger partial charge in [-0.3, -0.25) is 9.59 Å². The number of aryl methyl sites for hydroxylation is 1. The molecule has 196 valence electrons. The van der Waals surface area contributed by atoms with Gasteiger partial charge in [-0.15, -0.1) is 0 Å². The number of carbonyl (C=O) groups excluding carboxylic acids is 2. The predicted octanol–water partition coefficient (Wildman–Crippen LogP) is 4.72. The minimum atomic E-state index is -0.216. The van der Waals surface area contributed by atoms with Crippen LogP contribution >= 0.6 is 0 Å². The second-order valence-corrected chi connectivity index (χ2v) is 9.69. The second kappa shape index (κ2) is 12.6. The smallest absolute Gasteiger partial charge is 0.306 e. The Morgan fingerprint density at radius 3 is 2.81 bits per heavy atom. The number of amides is 1. The molecule has 3 unspecified atom stereocenters. The molecule has 3 atom stereocenters. The maximum absolute atomic E-state index is 13.2. The van der Waals surface area contributed by atoms with Crippen LogP contribution in [0.3, 0.4) is 0 Å². The largest absolute Gasteiger partial charge is 0.481 e. The van der Waals surface area contributed by atoms with E-state index < -0.39 is 0 Å². The molecule has 1 aliphatic rings. The van der Waals surface area contributed by atoms with E-state index in [0.717, 1.165) is 54.4 Å². The van der Waals surface area contributed by atoms with Crippen molar-refractivity contribution in [2.75, 3.05) is 20.3 Å². The fraction of sp³-hybridized carbons (Fsp3) is 0.483. The zero-order valence-electron chi connectivity index (χ0n) is 21.9. The van der Waals surface area contributed by atoms with Gasteiger partial charge in [0.15, 0.2) is 5.65 Å². The van der Waals surface area contributed by atoms with E-state index in [4.69, 9.17) is 9.47 Å². The standard InChI is InChI=1S/C29H36N4O4/c1-4-37-27(34)18-22(24-11-14-26(36-3)31-19-24)8-6-16-33-20(2)17-23(29(33)35)10-13-25-12-9-21-7-5-15-30-28(21)32-25/h5,7,9,11-12,14-15,19-20,22-23H,4,6,8,10,13,16-18H2,1-3H3. The van der Waals surface area contributed by atoms with Gasteiger partial charge in [-0.25, -0.2) is 15.0 Å². The van der Waals surface area contributed by atoms with Crippen LogP contribution in [0.2, 0.25) is 0 Å². The molecule has 3 aromatic rings. The first-order chi connectivity index (χ1) is 18.0. The number of pyridine rings is 3. The van der Waals surface area contributed by atoms with E-state index in [2.05, 4.69) is 21.9 Å². The molecule has 0 aromatic carbocycles. The third-order valence-corrected chi connectivity index (χ3v) is 7.17. The van der Waals surface area contributed by atoms with E-state index in [1.54, 1.807) is 19.5 Å². The van der Waals surface area contributed by atoms with Crippen LogP contribution in [0.25, 0.3) is 11.0 Å². The summed E-state index contributed by atoms with van der Waals surface area (Å²) < 4.78 is 10.4. The quantitative estimate of drug-likeness (QED) is 0.329. The fourth-order valence-corrected chi connectivity index (χ4v) is 5.19. The molecule has 1 amide bonds. The van der Waals surface area contributed by atoms with E-state index >= 15 is 0 Å². The minimum absolute atomic E-state index is 0.0114. The molecule has 0 N–H and O–H groups in total. The van der Waals surface area contributed by atoms with Crippen LogP contribution in [0.5, 0.6) is 5.88 Å². The molecule has 8 nitrogen and oxygen atoms in total. The van der Waals surface area contributed by atoms with Crippen LogP contribution in [0, 0.1) is 5.92 Å². The van der Waals surface area contributed by atoms with Gasteiger partial charge in [-0.05, 0) is 81.7 Å². The summed E-state index contributed by atoms with van der Waals surface area (Å²) in [4.78, 5) is 40.8. The lowest BCUT2D eigenvalue weighted by molar-refractivity contribution is -0.143. The van der Waals surface area contributed by atoms with Crippen molar-refractivity contribution in [1.29, 1.82) is 0 Å². The molecule has 0 spiro atoms. The summed E-state index contributed by atoms with van der Waals surface area (Å²) in [5.74, 6) is 0.536. The van der Waals surface area contributed by atoms with Gasteiger partial charge in [-0.2, -0.15) is 0 Å². The van der Waals surface area contributed by atoms with Crippen LogP contribution < -0.4 is 4.74 Å². The molecule has 0 bridgehead atoms. The molecule has 0 radical (unpaired) electrons. The molecule has 37 heavy (non-hydrogen) atoms. The molecule has 4 rings (SSSR count). The number of aromatic nitrogens is 3.